The molecule has 3 nitrogen and oxygen atoms in total. The Balaban J connectivity index is 3.91. The summed E-state index contributed by atoms with van der Waals surface area (Å²) < 4.78 is 0. The van der Waals surface area contributed by atoms with Crippen molar-refractivity contribution in [1.29, 1.82) is 0 Å². The van der Waals surface area contributed by atoms with Crippen molar-refractivity contribution in [3.8, 4) is 0 Å². The van der Waals surface area contributed by atoms with E-state index in [9.17, 15) is 4.79 Å². The maximum atomic E-state index is 10.4. The topological polar surface area (TPSA) is 49.3 Å². The summed E-state index contributed by atoms with van der Waals surface area (Å²) in [5.41, 5.74) is -1.35. The van der Waals surface area contributed by atoms with Crippen LogP contribution in [-0.2, 0) is 4.79 Å². The maximum absolute atomic E-state index is 10.4. The molecule has 0 aromatic heterocycles. The fourth-order valence-corrected chi connectivity index (χ4v) is 0.176. The number of Topliss-reactive ketones (excluding diaryl/α,β-unsaturated/α-hetero) is 1. The van der Waals surface area contributed by atoms with Crippen LogP contribution in [0.3, 0.4) is 0 Å². The standard InChI is InChI=1S/C5H11NO2/c1-4(7)5(2,8)6-3/h6,8H,1-3H3. The van der Waals surface area contributed by atoms with Gasteiger partial charge in [-0.1, -0.05) is 0 Å². The number of carbonyl (C=O) groups excluding carboxylic acids is 1. The van der Waals surface area contributed by atoms with Crippen LogP contribution in [0.2, 0.25) is 0 Å². The molecule has 0 amide bonds. The Kier molecular flexibility index (Phi) is 2.12. The third-order valence-corrected chi connectivity index (χ3v) is 1.17. The normalized spacial score (nSPS) is 17.5. The van der Waals surface area contributed by atoms with Crippen LogP contribution in [-0.4, -0.2) is 23.7 Å². The lowest BCUT2D eigenvalue weighted by Gasteiger charge is -2.17. The summed E-state index contributed by atoms with van der Waals surface area (Å²) in [7, 11) is 1.53. The molecule has 0 radical (unpaired) electrons. The first kappa shape index (κ1) is 7.59. The van der Waals surface area contributed by atoms with Crippen molar-refractivity contribution in [1.82, 2.24) is 5.32 Å². The molecule has 0 aromatic rings. The van der Waals surface area contributed by atoms with Crippen molar-refractivity contribution in [2.45, 2.75) is 19.6 Å². The molecule has 0 fully saturated rings. The molecule has 0 aromatic carbocycles. The van der Waals surface area contributed by atoms with E-state index < -0.39 is 5.72 Å². The summed E-state index contributed by atoms with van der Waals surface area (Å²) in [5, 5.41) is 11.4. The summed E-state index contributed by atoms with van der Waals surface area (Å²) in [6.45, 7) is 2.74. The van der Waals surface area contributed by atoms with Crippen LogP contribution < -0.4 is 5.32 Å². The molecule has 0 saturated carbocycles. The molecule has 0 aliphatic carbocycles. The number of rotatable bonds is 2. The van der Waals surface area contributed by atoms with Gasteiger partial charge in [0.25, 0.3) is 0 Å². The Morgan fingerprint density at radius 1 is 1.75 bits per heavy atom. The van der Waals surface area contributed by atoms with E-state index in [0.29, 0.717) is 0 Å². The number of carbonyl (C=O) groups is 1. The third-order valence-electron chi connectivity index (χ3n) is 1.17. The predicted octanol–water partition coefficient (Wildman–Crippen LogP) is -0.497. The molecule has 1 unspecified atom stereocenters. The molecular formula is C5H11NO2. The van der Waals surface area contributed by atoms with Gasteiger partial charge in [0.1, 0.15) is 0 Å². The van der Waals surface area contributed by atoms with Gasteiger partial charge in [-0.25, -0.2) is 0 Å². The average molecular weight is 117 g/mol. The van der Waals surface area contributed by atoms with Crippen LogP contribution in [0.1, 0.15) is 13.8 Å². The van der Waals surface area contributed by atoms with E-state index in [4.69, 9.17) is 5.11 Å². The zero-order valence-corrected chi connectivity index (χ0v) is 5.36. The third kappa shape index (κ3) is 1.60. The van der Waals surface area contributed by atoms with E-state index in [1.807, 2.05) is 0 Å². The molecule has 2 N–H and O–H groups in total. The Morgan fingerprint density at radius 2 is 2.12 bits per heavy atom. The molecule has 0 bridgehead atoms. The molecule has 48 valence electrons. The van der Waals surface area contributed by atoms with Gasteiger partial charge in [0.05, 0.1) is 0 Å². The molecule has 0 heterocycles. The first-order valence-electron chi connectivity index (χ1n) is 2.43. The lowest BCUT2D eigenvalue weighted by molar-refractivity contribution is -0.135. The van der Waals surface area contributed by atoms with Crippen molar-refractivity contribution >= 4 is 5.78 Å². The van der Waals surface area contributed by atoms with Crippen molar-refractivity contribution < 1.29 is 9.90 Å². The maximum Gasteiger partial charge on any atom is 0.175 e. The van der Waals surface area contributed by atoms with Gasteiger partial charge in [0.2, 0.25) is 0 Å². The van der Waals surface area contributed by atoms with Gasteiger partial charge in [0, 0.05) is 0 Å². The molecule has 0 rings (SSSR count). The average Bonchev–Trinajstić information content (AvgIpc) is 1.67. The predicted molar refractivity (Wildman–Crippen MR) is 30.4 cm³/mol. The lowest BCUT2D eigenvalue weighted by atomic mass is 10.2. The fourth-order valence-electron chi connectivity index (χ4n) is 0.176. The van der Waals surface area contributed by atoms with Crippen molar-refractivity contribution in [2.75, 3.05) is 7.05 Å². The van der Waals surface area contributed by atoms with Crippen LogP contribution in [0.25, 0.3) is 0 Å². The van der Waals surface area contributed by atoms with E-state index in [2.05, 4.69) is 5.32 Å². The number of hydrogen-bond donors (Lipinski definition) is 2. The SMILES string of the molecule is CNC(C)(O)C(C)=O. The van der Waals surface area contributed by atoms with Crippen LogP contribution in [0.15, 0.2) is 0 Å². The number of ketones is 1. The first-order chi connectivity index (χ1) is 3.50. The molecule has 8 heavy (non-hydrogen) atoms. The van der Waals surface area contributed by atoms with E-state index in [1.165, 1.54) is 20.9 Å². The molecule has 3 heteroatoms. The monoisotopic (exact) mass is 117 g/mol. The highest BCUT2D eigenvalue weighted by molar-refractivity contribution is 5.83. The summed E-state index contributed by atoms with van der Waals surface area (Å²) in [5.74, 6) is -0.278. The second-order valence-electron chi connectivity index (χ2n) is 1.88. The van der Waals surface area contributed by atoms with Gasteiger partial charge in [0.15, 0.2) is 11.5 Å². The lowest BCUT2D eigenvalue weighted by Crippen LogP contribution is -2.45. The molecular weight excluding hydrogens is 106 g/mol. The smallest absolute Gasteiger partial charge is 0.175 e. The molecule has 1 atom stereocenters. The van der Waals surface area contributed by atoms with Crippen molar-refractivity contribution in [3.63, 3.8) is 0 Å². The van der Waals surface area contributed by atoms with E-state index in [-0.39, 0.29) is 5.78 Å². The summed E-state index contributed by atoms with van der Waals surface area (Å²) in [6, 6.07) is 0. The highest BCUT2D eigenvalue weighted by atomic mass is 16.3. The fraction of sp³-hybridized carbons (Fsp3) is 0.800. The number of hydrogen-bond acceptors (Lipinski definition) is 3. The zero-order valence-electron chi connectivity index (χ0n) is 5.36. The second-order valence-corrected chi connectivity index (χ2v) is 1.88. The van der Waals surface area contributed by atoms with Crippen LogP contribution >= 0.6 is 0 Å². The molecule has 0 saturated heterocycles. The van der Waals surface area contributed by atoms with Crippen LogP contribution in [0.5, 0.6) is 0 Å². The minimum absolute atomic E-state index is 0.278. The van der Waals surface area contributed by atoms with Gasteiger partial charge in [-0.2, -0.15) is 0 Å². The number of aliphatic hydroxyl groups is 1. The zero-order chi connectivity index (χ0) is 6.78. The van der Waals surface area contributed by atoms with Crippen LogP contribution in [0, 0.1) is 0 Å². The Labute approximate surface area is 48.7 Å². The summed E-state index contributed by atoms with van der Waals surface area (Å²) in [4.78, 5) is 10.4. The number of likely N-dealkylation sites (N-methyl/N-ethyl adjacent to an activating group) is 1. The van der Waals surface area contributed by atoms with Crippen molar-refractivity contribution in [2.24, 2.45) is 0 Å². The van der Waals surface area contributed by atoms with Gasteiger partial charge in [-0.05, 0) is 20.9 Å². The summed E-state index contributed by atoms with van der Waals surface area (Å²) in [6.07, 6.45) is 0. The van der Waals surface area contributed by atoms with E-state index in [0.717, 1.165) is 0 Å². The highest BCUT2D eigenvalue weighted by Crippen LogP contribution is 1.95. The number of nitrogens with one attached hydrogen (secondary N) is 1. The largest absolute Gasteiger partial charge is 0.369 e. The molecule has 0 spiro atoms. The highest BCUT2D eigenvalue weighted by Gasteiger charge is 2.22. The molecule has 0 aliphatic heterocycles. The molecule has 0 aliphatic rings. The quantitative estimate of drug-likeness (QED) is 0.479. The second kappa shape index (κ2) is 2.24. The Bertz CT molecular complexity index is 98.6. The van der Waals surface area contributed by atoms with Gasteiger partial charge in [-0.15, -0.1) is 0 Å². The van der Waals surface area contributed by atoms with Gasteiger partial charge < -0.3 is 5.11 Å². The first-order valence-corrected chi connectivity index (χ1v) is 2.43. The van der Waals surface area contributed by atoms with E-state index >= 15 is 0 Å². The van der Waals surface area contributed by atoms with E-state index in [1.54, 1.807) is 0 Å². The van der Waals surface area contributed by atoms with Crippen molar-refractivity contribution in [3.05, 3.63) is 0 Å². The van der Waals surface area contributed by atoms with Gasteiger partial charge >= 0.3 is 0 Å². The Hall–Kier alpha value is -0.410. The van der Waals surface area contributed by atoms with Gasteiger partial charge in [-0.3, -0.25) is 10.1 Å². The minimum Gasteiger partial charge on any atom is -0.369 e. The van der Waals surface area contributed by atoms with Crippen LogP contribution in [0.4, 0.5) is 0 Å². The Morgan fingerprint density at radius 3 is 2.12 bits per heavy atom. The summed E-state index contributed by atoms with van der Waals surface area (Å²) >= 11 is 0. The minimum atomic E-state index is -1.35.